The molecular formula is C16H11Br2NO. The summed E-state index contributed by atoms with van der Waals surface area (Å²) in [5.74, 6) is -0.971. The van der Waals surface area contributed by atoms with Crippen LogP contribution >= 0.6 is 31.9 Å². The molecule has 0 aliphatic rings. The molecule has 4 heteroatoms. The maximum Gasteiger partial charge on any atom is 0.184 e. The van der Waals surface area contributed by atoms with Crippen molar-refractivity contribution >= 4 is 37.6 Å². The van der Waals surface area contributed by atoms with Crippen molar-refractivity contribution in [2.75, 3.05) is 0 Å². The first-order valence-electron chi connectivity index (χ1n) is 5.98. The van der Waals surface area contributed by atoms with Crippen molar-refractivity contribution in [2.45, 2.75) is 12.8 Å². The fraction of sp³-hybridized carbons (Fsp3) is 0.125. The number of benzene rings is 2. The highest BCUT2D eigenvalue weighted by molar-refractivity contribution is 9.11. The minimum absolute atomic E-state index is 0.191. The number of aryl methyl sites for hydroxylation is 1. The molecule has 100 valence electrons. The molecule has 20 heavy (non-hydrogen) atoms. The fourth-order valence-corrected chi connectivity index (χ4v) is 3.34. The average Bonchev–Trinajstić information content (AvgIpc) is 2.40. The summed E-state index contributed by atoms with van der Waals surface area (Å²) in [6, 6.07) is 14.9. The van der Waals surface area contributed by atoms with Crippen molar-refractivity contribution in [1.29, 1.82) is 5.26 Å². The van der Waals surface area contributed by atoms with Crippen LogP contribution in [-0.4, -0.2) is 5.78 Å². The molecule has 0 amide bonds. The first kappa shape index (κ1) is 15.0. The van der Waals surface area contributed by atoms with E-state index in [9.17, 15) is 10.1 Å². The number of hydrogen-bond donors (Lipinski definition) is 0. The van der Waals surface area contributed by atoms with Gasteiger partial charge in [0.2, 0.25) is 0 Å². The molecule has 0 spiro atoms. The summed E-state index contributed by atoms with van der Waals surface area (Å²) >= 11 is 6.72. The maximum atomic E-state index is 12.6. The zero-order valence-corrected chi connectivity index (χ0v) is 13.9. The van der Waals surface area contributed by atoms with Crippen LogP contribution in [0.4, 0.5) is 0 Å². The highest BCUT2D eigenvalue weighted by Crippen LogP contribution is 2.27. The first-order valence-corrected chi connectivity index (χ1v) is 7.57. The smallest absolute Gasteiger partial charge is 0.184 e. The van der Waals surface area contributed by atoms with Crippen LogP contribution in [0.5, 0.6) is 0 Å². The Bertz CT molecular complexity index is 684. The van der Waals surface area contributed by atoms with Gasteiger partial charge in [-0.05, 0) is 36.2 Å². The number of nitrogens with zero attached hydrogens (tertiary/aromatic N) is 1. The molecule has 2 nitrogen and oxygen atoms in total. The van der Waals surface area contributed by atoms with Crippen LogP contribution in [0.25, 0.3) is 0 Å². The van der Waals surface area contributed by atoms with Crippen LogP contribution in [0, 0.1) is 18.3 Å². The van der Waals surface area contributed by atoms with Crippen LogP contribution in [0.1, 0.15) is 27.4 Å². The quantitative estimate of drug-likeness (QED) is 0.688. The number of ketones is 1. The minimum atomic E-state index is -0.780. The SMILES string of the molecule is Cc1ccccc1C(C#N)C(=O)c1cc(Br)cc(Br)c1. The lowest BCUT2D eigenvalue weighted by Gasteiger charge is -2.12. The van der Waals surface area contributed by atoms with E-state index in [0.717, 1.165) is 20.1 Å². The molecule has 0 N–H and O–H groups in total. The van der Waals surface area contributed by atoms with Crippen LogP contribution < -0.4 is 0 Å². The Hall–Kier alpha value is -1.44. The molecule has 0 fully saturated rings. The number of carbonyl (C=O) groups is 1. The second-order valence-electron chi connectivity index (χ2n) is 4.44. The molecule has 0 saturated heterocycles. The molecule has 0 radical (unpaired) electrons. The Morgan fingerprint density at radius 3 is 2.30 bits per heavy atom. The van der Waals surface area contributed by atoms with Crippen molar-refractivity contribution in [3.05, 3.63) is 68.1 Å². The number of halogens is 2. The third kappa shape index (κ3) is 3.17. The Kier molecular flexibility index (Phi) is 4.74. The number of Topliss-reactive ketones (excluding diaryl/α,β-unsaturated/α-hetero) is 1. The topological polar surface area (TPSA) is 40.9 Å². The van der Waals surface area contributed by atoms with Gasteiger partial charge in [-0.25, -0.2) is 0 Å². The second kappa shape index (κ2) is 6.34. The molecule has 0 saturated carbocycles. The molecule has 1 atom stereocenters. The van der Waals surface area contributed by atoms with Crippen LogP contribution in [-0.2, 0) is 0 Å². The summed E-state index contributed by atoms with van der Waals surface area (Å²) in [4.78, 5) is 12.6. The Morgan fingerprint density at radius 1 is 1.15 bits per heavy atom. The van der Waals surface area contributed by atoms with E-state index in [0.29, 0.717) is 5.56 Å². The van der Waals surface area contributed by atoms with E-state index in [1.165, 1.54) is 0 Å². The Morgan fingerprint density at radius 2 is 1.75 bits per heavy atom. The van der Waals surface area contributed by atoms with Gasteiger partial charge in [0.1, 0.15) is 5.92 Å². The van der Waals surface area contributed by atoms with Gasteiger partial charge >= 0.3 is 0 Å². The van der Waals surface area contributed by atoms with Crippen LogP contribution in [0.2, 0.25) is 0 Å². The molecule has 0 aliphatic carbocycles. The molecule has 2 rings (SSSR count). The third-order valence-electron chi connectivity index (χ3n) is 3.04. The monoisotopic (exact) mass is 391 g/mol. The number of carbonyl (C=O) groups excluding carboxylic acids is 1. The van der Waals surface area contributed by atoms with E-state index < -0.39 is 5.92 Å². The zero-order chi connectivity index (χ0) is 14.7. The fourth-order valence-electron chi connectivity index (χ4n) is 2.04. The standard InChI is InChI=1S/C16H11Br2NO/c1-10-4-2-3-5-14(10)15(9-19)16(20)11-6-12(17)8-13(18)7-11/h2-8,15H,1H3. The van der Waals surface area contributed by atoms with Crippen LogP contribution in [0.15, 0.2) is 51.4 Å². The van der Waals surface area contributed by atoms with Gasteiger partial charge in [-0.3, -0.25) is 4.79 Å². The summed E-state index contributed by atoms with van der Waals surface area (Å²) in [5, 5.41) is 9.38. The summed E-state index contributed by atoms with van der Waals surface area (Å²) in [6.07, 6.45) is 0. The van der Waals surface area contributed by atoms with Gasteiger partial charge < -0.3 is 0 Å². The van der Waals surface area contributed by atoms with Gasteiger partial charge in [0.05, 0.1) is 6.07 Å². The van der Waals surface area contributed by atoms with E-state index in [4.69, 9.17) is 0 Å². The minimum Gasteiger partial charge on any atom is -0.292 e. The lowest BCUT2D eigenvalue weighted by Crippen LogP contribution is -2.12. The van der Waals surface area contributed by atoms with Gasteiger partial charge in [0.15, 0.2) is 5.78 Å². The van der Waals surface area contributed by atoms with Gasteiger partial charge in [-0.15, -0.1) is 0 Å². The Labute approximate surface area is 134 Å². The summed E-state index contributed by atoms with van der Waals surface area (Å²) < 4.78 is 1.60. The molecular weight excluding hydrogens is 382 g/mol. The number of hydrogen-bond acceptors (Lipinski definition) is 2. The molecule has 2 aromatic rings. The van der Waals surface area contributed by atoms with E-state index in [-0.39, 0.29) is 5.78 Å². The zero-order valence-electron chi connectivity index (χ0n) is 10.7. The van der Waals surface area contributed by atoms with E-state index in [1.807, 2.05) is 37.3 Å². The van der Waals surface area contributed by atoms with Crippen LogP contribution in [0.3, 0.4) is 0 Å². The number of nitriles is 1. The largest absolute Gasteiger partial charge is 0.292 e. The average molecular weight is 393 g/mol. The van der Waals surface area contributed by atoms with Crippen molar-refractivity contribution in [2.24, 2.45) is 0 Å². The van der Waals surface area contributed by atoms with Crippen molar-refractivity contribution in [3.8, 4) is 6.07 Å². The van der Waals surface area contributed by atoms with E-state index in [1.54, 1.807) is 12.1 Å². The van der Waals surface area contributed by atoms with Crippen molar-refractivity contribution in [3.63, 3.8) is 0 Å². The maximum absolute atomic E-state index is 12.6. The van der Waals surface area contributed by atoms with Gasteiger partial charge in [-0.2, -0.15) is 5.26 Å². The normalized spacial score (nSPS) is 11.7. The lowest BCUT2D eigenvalue weighted by atomic mass is 9.89. The molecule has 2 aromatic carbocycles. The summed E-state index contributed by atoms with van der Waals surface area (Å²) in [5.41, 5.74) is 2.22. The number of rotatable bonds is 3. The van der Waals surface area contributed by atoms with E-state index >= 15 is 0 Å². The Balaban J connectivity index is 2.45. The van der Waals surface area contributed by atoms with Gasteiger partial charge in [0.25, 0.3) is 0 Å². The van der Waals surface area contributed by atoms with Crippen molar-refractivity contribution < 1.29 is 4.79 Å². The van der Waals surface area contributed by atoms with Gasteiger partial charge in [0, 0.05) is 14.5 Å². The highest BCUT2D eigenvalue weighted by Gasteiger charge is 2.23. The summed E-state index contributed by atoms with van der Waals surface area (Å²) in [6.45, 7) is 1.91. The highest BCUT2D eigenvalue weighted by atomic mass is 79.9. The third-order valence-corrected chi connectivity index (χ3v) is 3.95. The lowest BCUT2D eigenvalue weighted by molar-refractivity contribution is 0.0978. The summed E-state index contributed by atoms with van der Waals surface area (Å²) in [7, 11) is 0. The van der Waals surface area contributed by atoms with E-state index in [2.05, 4.69) is 37.9 Å². The molecule has 0 aliphatic heterocycles. The molecule has 0 bridgehead atoms. The predicted molar refractivity (Wildman–Crippen MR) is 85.7 cm³/mol. The van der Waals surface area contributed by atoms with Crippen molar-refractivity contribution in [1.82, 2.24) is 0 Å². The molecule has 1 unspecified atom stereocenters. The first-order chi connectivity index (χ1) is 9.52. The predicted octanol–water partition coefficient (Wildman–Crippen LogP) is 5.01. The second-order valence-corrected chi connectivity index (χ2v) is 6.27. The van der Waals surface area contributed by atoms with Gasteiger partial charge in [-0.1, -0.05) is 56.1 Å². The molecule has 0 heterocycles. The molecule has 0 aromatic heterocycles.